The number of nitrogens with zero attached hydrogens (tertiary/aromatic N) is 1. The Balaban J connectivity index is 1.45. The minimum absolute atomic E-state index is 0.0222. The number of carbonyl (C=O) groups is 1. The van der Waals surface area contributed by atoms with Crippen molar-refractivity contribution in [3.63, 3.8) is 0 Å². The molecule has 0 atom stereocenters. The molecular weight excluding hydrogens is 390 g/mol. The highest BCUT2D eigenvalue weighted by Gasteiger charge is 2.27. The second kappa shape index (κ2) is 9.76. The third kappa shape index (κ3) is 6.20. The molecule has 7 nitrogen and oxygen atoms in total. The Morgan fingerprint density at radius 3 is 2.45 bits per heavy atom. The first-order chi connectivity index (χ1) is 14.0. The summed E-state index contributed by atoms with van der Waals surface area (Å²) in [6, 6.07) is 16.8. The molecule has 0 radical (unpaired) electrons. The number of hydrogen-bond donors (Lipinski definition) is 2. The van der Waals surface area contributed by atoms with Crippen LogP contribution < -0.4 is 15.4 Å². The fraction of sp³-hybridized carbons (Fsp3) is 0.381. The summed E-state index contributed by atoms with van der Waals surface area (Å²) < 4.78 is 31.1. The van der Waals surface area contributed by atoms with Gasteiger partial charge in [0.15, 0.2) is 0 Å². The van der Waals surface area contributed by atoms with Crippen molar-refractivity contribution in [1.82, 2.24) is 14.9 Å². The summed E-state index contributed by atoms with van der Waals surface area (Å²) in [7, 11) is -3.15. The molecule has 1 saturated heterocycles. The lowest BCUT2D eigenvalue weighted by Crippen LogP contribution is -2.49. The number of benzene rings is 2. The molecule has 3 rings (SSSR count). The Kier molecular flexibility index (Phi) is 7.11. The van der Waals surface area contributed by atoms with Crippen molar-refractivity contribution >= 4 is 16.1 Å². The zero-order valence-electron chi connectivity index (χ0n) is 16.5. The van der Waals surface area contributed by atoms with E-state index >= 15 is 0 Å². The number of carbonyl (C=O) groups excluding carboxylic acids is 1. The first kappa shape index (κ1) is 21.1. The highest BCUT2D eigenvalue weighted by Crippen LogP contribution is 2.21. The number of nitrogens with one attached hydrogen (secondary N) is 2. The summed E-state index contributed by atoms with van der Waals surface area (Å²) in [5, 5.41) is 5.78. The number of amides is 2. The summed E-state index contributed by atoms with van der Waals surface area (Å²) >= 11 is 0. The van der Waals surface area contributed by atoms with E-state index in [9.17, 15) is 13.2 Å². The molecule has 2 aromatic rings. The molecule has 0 spiro atoms. The zero-order chi connectivity index (χ0) is 20.7. The molecule has 1 heterocycles. The van der Waals surface area contributed by atoms with Gasteiger partial charge in [0.1, 0.15) is 11.5 Å². The van der Waals surface area contributed by atoms with Gasteiger partial charge in [-0.15, -0.1) is 0 Å². The number of sulfonamides is 1. The molecule has 1 aliphatic heterocycles. The van der Waals surface area contributed by atoms with Crippen LogP contribution in [0.3, 0.4) is 0 Å². The first-order valence-corrected chi connectivity index (χ1v) is 11.4. The molecule has 0 aliphatic carbocycles. The second-order valence-corrected chi connectivity index (χ2v) is 9.22. The predicted octanol–water partition coefficient (Wildman–Crippen LogP) is 3.09. The van der Waals surface area contributed by atoms with Crippen LogP contribution in [0.5, 0.6) is 11.5 Å². The summed E-state index contributed by atoms with van der Waals surface area (Å²) in [6.45, 7) is 2.91. The minimum Gasteiger partial charge on any atom is -0.457 e. The molecule has 156 valence electrons. The summed E-state index contributed by atoms with van der Waals surface area (Å²) in [6.07, 6.45) is 1.24. The van der Waals surface area contributed by atoms with Gasteiger partial charge in [-0.3, -0.25) is 0 Å². The van der Waals surface area contributed by atoms with Crippen LogP contribution in [0.2, 0.25) is 0 Å². The number of ether oxygens (including phenoxy) is 1. The maximum Gasteiger partial charge on any atom is 0.315 e. The molecule has 1 aliphatic rings. The van der Waals surface area contributed by atoms with E-state index in [0.29, 0.717) is 38.2 Å². The van der Waals surface area contributed by atoms with Gasteiger partial charge in [-0.2, -0.15) is 0 Å². The predicted molar refractivity (Wildman–Crippen MR) is 112 cm³/mol. The summed E-state index contributed by atoms with van der Waals surface area (Å²) in [5.74, 6) is 1.57. The number of hydrogen-bond acceptors (Lipinski definition) is 4. The van der Waals surface area contributed by atoms with Gasteiger partial charge in [0.2, 0.25) is 10.0 Å². The van der Waals surface area contributed by atoms with Crippen molar-refractivity contribution in [1.29, 1.82) is 0 Å². The fourth-order valence-corrected chi connectivity index (χ4v) is 4.36. The topological polar surface area (TPSA) is 87.7 Å². The number of rotatable bonds is 7. The van der Waals surface area contributed by atoms with Crippen LogP contribution in [0.25, 0.3) is 0 Å². The summed E-state index contributed by atoms with van der Waals surface area (Å²) in [4.78, 5) is 12.2. The van der Waals surface area contributed by atoms with Crippen LogP contribution in [-0.4, -0.2) is 43.6 Å². The molecule has 29 heavy (non-hydrogen) atoms. The maximum absolute atomic E-state index is 12.2. The number of piperidine rings is 1. The minimum atomic E-state index is -3.15. The molecule has 0 bridgehead atoms. The third-order valence-corrected chi connectivity index (χ3v) is 6.76. The van der Waals surface area contributed by atoms with Crippen LogP contribution >= 0.6 is 0 Å². The SMILES string of the molecule is CCS(=O)(=O)N1CCC(NC(=O)NCc2cccc(Oc3ccccc3)c2)CC1. The molecule has 1 fully saturated rings. The van der Waals surface area contributed by atoms with E-state index in [1.807, 2.05) is 54.6 Å². The van der Waals surface area contributed by atoms with Gasteiger partial charge >= 0.3 is 6.03 Å². The Hall–Kier alpha value is -2.58. The molecule has 2 amide bonds. The highest BCUT2D eigenvalue weighted by atomic mass is 32.2. The monoisotopic (exact) mass is 417 g/mol. The Bertz CT molecular complexity index is 911. The quantitative estimate of drug-likeness (QED) is 0.725. The molecule has 8 heteroatoms. The van der Waals surface area contributed by atoms with Crippen LogP contribution in [0.15, 0.2) is 54.6 Å². The van der Waals surface area contributed by atoms with Gasteiger partial charge in [-0.25, -0.2) is 17.5 Å². The van der Waals surface area contributed by atoms with E-state index in [2.05, 4.69) is 10.6 Å². The van der Waals surface area contributed by atoms with Crippen LogP contribution in [0, 0.1) is 0 Å². The fourth-order valence-electron chi connectivity index (χ4n) is 3.22. The van der Waals surface area contributed by atoms with Gasteiger partial charge in [0.25, 0.3) is 0 Å². The Labute approximate surface area is 172 Å². The zero-order valence-corrected chi connectivity index (χ0v) is 17.3. The lowest BCUT2D eigenvalue weighted by molar-refractivity contribution is 0.227. The molecule has 0 unspecified atom stereocenters. The van der Waals surface area contributed by atoms with Crippen LogP contribution in [0.1, 0.15) is 25.3 Å². The summed E-state index contributed by atoms with van der Waals surface area (Å²) in [5.41, 5.74) is 0.928. The van der Waals surface area contributed by atoms with Gasteiger partial charge in [0, 0.05) is 25.7 Å². The second-order valence-electron chi connectivity index (χ2n) is 6.96. The number of para-hydroxylation sites is 1. The number of urea groups is 1. The van der Waals surface area contributed by atoms with Crippen LogP contribution in [0.4, 0.5) is 4.79 Å². The molecule has 0 saturated carbocycles. The van der Waals surface area contributed by atoms with Crippen molar-refractivity contribution in [2.24, 2.45) is 0 Å². The van der Waals surface area contributed by atoms with Crippen molar-refractivity contribution in [3.8, 4) is 11.5 Å². The van der Waals surface area contributed by atoms with E-state index in [1.54, 1.807) is 6.92 Å². The van der Waals surface area contributed by atoms with Gasteiger partial charge < -0.3 is 15.4 Å². The molecule has 2 N–H and O–H groups in total. The lowest BCUT2D eigenvalue weighted by atomic mass is 10.1. The highest BCUT2D eigenvalue weighted by molar-refractivity contribution is 7.89. The lowest BCUT2D eigenvalue weighted by Gasteiger charge is -2.31. The van der Waals surface area contributed by atoms with Crippen molar-refractivity contribution in [3.05, 3.63) is 60.2 Å². The van der Waals surface area contributed by atoms with E-state index in [0.717, 1.165) is 11.3 Å². The largest absolute Gasteiger partial charge is 0.457 e. The normalized spacial score (nSPS) is 15.6. The van der Waals surface area contributed by atoms with Crippen molar-refractivity contribution < 1.29 is 17.9 Å². The van der Waals surface area contributed by atoms with E-state index in [4.69, 9.17) is 4.74 Å². The van der Waals surface area contributed by atoms with Gasteiger partial charge in [0.05, 0.1) is 5.75 Å². The average molecular weight is 418 g/mol. The molecule has 2 aromatic carbocycles. The van der Waals surface area contributed by atoms with E-state index < -0.39 is 10.0 Å². The standard InChI is InChI=1S/C21H27N3O4S/c1-2-29(26,27)24-13-11-18(12-14-24)23-21(25)22-16-17-7-6-10-20(15-17)28-19-8-4-3-5-9-19/h3-10,15,18H,2,11-14,16H2,1H3,(H2,22,23,25). The van der Waals surface area contributed by atoms with Gasteiger partial charge in [-0.05, 0) is 49.6 Å². The first-order valence-electron chi connectivity index (χ1n) is 9.80. The van der Waals surface area contributed by atoms with Crippen molar-refractivity contribution in [2.45, 2.75) is 32.4 Å². The maximum atomic E-state index is 12.2. The molecule has 0 aromatic heterocycles. The average Bonchev–Trinajstić information content (AvgIpc) is 2.74. The van der Waals surface area contributed by atoms with E-state index in [1.165, 1.54) is 4.31 Å². The van der Waals surface area contributed by atoms with Crippen LogP contribution in [-0.2, 0) is 16.6 Å². The smallest absolute Gasteiger partial charge is 0.315 e. The molecular formula is C21H27N3O4S. The van der Waals surface area contributed by atoms with E-state index in [-0.39, 0.29) is 17.8 Å². The van der Waals surface area contributed by atoms with Crippen molar-refractivity contribution in [2.75, 3.05) is 18.8 Å². The third-order valence-electron chi connectivity index (χ3n) is 4.88. The Morgan fingerprint density at radius 1 is 1.07 bits per heavy atom. The Morgan fingerprint density at radius 2 is 1.76 bits per heavy atom. The van der Waals surface area contributed by atoms with Gasteiger partial charge in [-0.1, -0.05) is 30.3 Å².